The maximum atomic E-state index is 13.2. The highest BCUT2D eigenvalue weighted by atomic mass is 32.1. The van der Waals surface area contributed by atoms with Gasteiger partial charge in [0.05, 0.1) is 24.2 Å². The van der Waals surface area contributed by atoms with Gasteiger partial charge in [-0.3, -0.25) is 24.6 Å². The van der Waals surface area contributed by atoms with Crippen LogP contribution >= 0.6 is 12.2 Å². The molecule has 0 bridgehead atoms. The van der Waals surface area contributed by atoms with E-state index in [1.165, 1.54) is 24.1 Å². The zero-order valence-electron chi connectivity index (χ0n) is 13.9. The molecule has 4 rings (SSSR count). The summed E-state index contributed by atoms with van der Waals surface area (Å²) in [7, 11) is 1.52. The molecular weight excluding hydrogens is 360 g/mol. The van der Waals surface area contributed by atoms with Gasteiger partial charge >= 0.3 is 0 Å². The first kappa shape index (κ1) is 16.9. The number of fused-ring (bicyclic) bond motifs is 4. The molecule has 2 fully saturated rings. The minimum absolute atomic E-state index is 0.0544. The second-order valence-electron chi connectivity index (χ2n) is 6.63. The fourth-order valence-electron chi connectivity index (χ4n) is 4.06. The predicted octanol–water partition coefficient (Wildman–Crippen LogP) is 0.216. The number of carbonyl (C=O) groups is 2. The van der Waals surface area contributed by atoms with Crippen molar-refractivity contribution in [2.75, 3.05) is 31.7 Å². The summed E-state index contributed by atoms with van der Waals surface area (Å²) >= 11 is 5.05. The van der Waals surface area contributed by atoms with Crippen LogP contribution in [0.5, 0.6) is 0 Å². The quantitative estimate of drug-likeness (QED) is 0.323. The molecule has 0 aliphatic carbocycles. The Labute approximate surface area is 154 Å². The lowest BCUT2D eigenvalue weighted by Gasteiger charge is -2.53. The van der Waals surface area contributed by atoms with E-state index in [9.17, 15) is 19.7 Å². The van der Waals surface area contributed by atoms with Crippen molar-refractivity contribution >= 4 is 40.5 Å². The molecule has 3 aliphatic rings. The van der Waals surface area contributed by atoms with Gasteiger partial charge in [0.2, 0.25) is 11.8 Å². The predicted molar refractivity (Wildman–Crippen MR) is 94.7 cm³/mol. The van der Waals surface area contributed by atoms with E-state index < -0.39 is 28.2 Å². The minimum atomic E-state index is -1.43. The number of nitrogens with zero attached hydrogens (tertiary/aromatic N) is 3. The average molecular weight is 376 g/mol. The molecule has 3 aliphatic heterocycles. The Bertz CT molecular complexity index is 859. The Hall–Kier alpha value is -2.59. The maximum absolute atomic E-state index is 13.2. The van der Waals surface area contributed by atoms with Gasteiger partial charge in [0.25, 0.3) is 5.69 Å². The smallest absolute Gasteiger partial charge is 0.269 e. The van der Waals surface area contributed by atoms with Crippen molar-refractivity contribution in [3.63, 3.8) is 0 Å². The standard InChI is InChI=1S/C16H16N4O5S/c1-18-14(22)16(13(21)17-15(18)26)7-9-6-10(20(23)24)2-3-11(9)19-4-5-25-8-12(16)19/h2-3,6,12H,4-5,7-8H2,1H3,(H,17,21,26). The molecule has 0 aromatic heterocycles. The van der Waals surface area contributed by atoms with Crippen molar-refractivity contribution in [1.82, 2.24) is 10.2 Å². The number of benzene rings is 1. The molecular formula is C16H16N4O5S. The first-order chi connectivity index (χ1) is 12.4. The lowest BCUT2D eigenvalue weighted by molar-refractivity contribution is -0.384. The van der Waals surface area contributed by atoms with Crippen molar-refractivity contribution < 1.29 is 19.2 Å². The number of nitro groups is 1. The van der Waals surface area contributed by atoms with Crippen LogP contribution in [0.2, 0.25) is 0 Å². The molecule has 9 nitrogen and oxygen atoms in total. The van der Waals surface area contributed by atoms with Crippen LogP contribution in [0.4, 0.5) is 11.4 Å². The molecule has 10 heteroatoms. The highest BCUT2D eigenvalue weighted by molar-refractivity contribution is 7.80. The lowest BCUT2D eigenvalue weighted by atomic mass is 9.68. The molecule has 0 saturated carbocycles. The fraction of sp³-hybridized carbons (Fsp3) is 0.438. The number of amides is 2. The van der Waals surface area contributed by atoms with Crippen LogP contribution in [-0.2, 0) is 20.7 Å². The summed E-state index contributed by atoms with van der Waals surface area (Å²) in [6, 6.07) is 4.06. The number of hydrogen-bond donors (Lipinski definition) is 1. The third-order valence-corrected chi connectivity index (χ3v) is 5.74. The van der Waals surface area contributed by atoms with Crippen LogP contribution in [0.1, 0.15) is 5.56 Å². The van der Waals surface area contributed by atoms with E-state index in [0.717, 1.165) is 5.69 Å². The topological polar surface area (TPSA) is 105 Å². The molecule has 136 valence electrons. The fourth-order valence-corrected chi connectivity index (χ4v) is 4.23. The van der Waals surface area contributed by atoms with Crippen molar-refractivity contribution in [2.45, 2.75) is 12.5 Å². The summed E-state index contributed by atoms with van der Waals surface area (Å²) in [6.07, 6.45) is 0.0617. The second-order valence-corrected chi connectivity index (χ2v) is 7.01. The number of anilines is 1. The van der Waals surface area contributed by atoms with Gasteiger partial charge in [-0.25, -0.2) is 0 Å². The summed E-state index contributed by atoms with van der Waals surface area (Å²) in [4.78, 5) is 40.0. The highest BCUT2D eigenvalue weighted by Crippen LogP contribution is 2.45. The number of rotatable bonds is 1. The zero-order chi connectivity index (χ0) is 18.6. The van der Waals surface area contributed by atoms with E-state index in [1.54, 1.807) is 6.07 Å². The lowest BCUT2D eigenvalue weighted by Crippen LogP contribution is -2.73. The Morgan fingerprint density at radius 3 is 2.92 bits per heavy atom. The van der Waals surface area contributed by atoms with Crippen molar-refractivity contribution in [3.05, 3.63) is 33.9 Å². The maximum Gasteiger partial charge on any atom is 0.269 e. The van der Waals surface area contributed by atoms with Gasteiger partial charge in [-0.15, -0.1) is 0 Å². The SMILES string of the molecule is CN1C(=O)C2(Cc3cc([N+](=O)[O-])ccc3N3CCOCC32)C(=O)NC1=S. The third kappa shape index (κ3) is 2.15. The summed E-state index contributed by atoms with van der Waals surface area (Å²) in [5.41, 5.74) is -0.106. The van der Waals surface area contributed by atoms with E-state index in [2.05, 4.69) is 5.32 Å². The Balaban J connectivity index is 1.90. The number of nitro benzene ring substituents is 1. The second kappa shape index (κ2) is 5.71. The Morgan fingerprint density at radius 1 is 1.42 bits per heavy atom. The van der Waals surface area contributed by atoms with E-state index in [0.29, 0.717) is 18.7 Å². The van der Waals surface area contributed by atoms with Crippen LogP contribution in [0.3, 0.4) is 0 Å². The molecule has 2 amide bonds. The van der Waals surface area contributed by atoms with Crippen molar-refractivity contribution in [1.29, 1.82) is 0 Å². The molecule has 2 unspecified atom stereocenters. The van der Waals surface area contributed by atoms with Crippen LogP contribution in [0.25, 0.3) is 0 Å². The van der Waals surface area contributed by atoms with Gasteiger partial charge in [0.1, 0.15) is 0 Å². The summed E-state index contributed by atoms with van der Waals surface area (Å²) < 4.78 is 5.57. The van der Waals surface area contributed by atoms with E-state index in [-0.39, 0.29) is 23.8 Å². The first-order valence-electron chi connectivity index (χ1n) is 8.11. The number of nitrogens with one attached hydrogen (secondary N) is 1. The van der Waals surface area contributed by atoms with E-state index in [1.807, 2.05) is 4.90 Å². The van der Waals surface area contributed by atoms with E-state index >= 15 is 0 Å². The number of carbonyl (C=O) groups excluding carboxylic acids is 2. The van der Waals surface area contributed by atoms with Crippen LogP contribution in [0, 0.1) is 15.5 Å². The minimum Gasteiger partial charge on any atom is -0.377 e. The number of hydrogen-bond acceptors (Lipinski definition) is 7. The summed E-state index contributed by atoms with van der Waals surface area (Å²) in [5, 5.41) is 13.8. The summed E-state index contributed by atoms with van der Waals surface area (Å²) in [6.45, 7) is 1.16. The molecule has 1 aromatic rings. The number of thiocarbonyl (C=S) groups is 1. The monoisotopic (exact) mass is 376 g/mol. The van der Waals surface area contributed by atoms with Gasteiger partial charge in [0, 0.05) is 37.8 Å². The summed E-state index contributed by atoms with van der Waals surface area (Å²) in [5.74, 6) is -0.896. The van der Waals surface area contributed by atoms with Gasteiger partial charge in [-0.2, -0.15) is 0 Å². The molecule has 1 aromatic carbocycles. The number of ether oxygens (including phenoxy) is 1. The van der Waals surface area contributed by atoms with Crippen LogP contribution in [0.15, 0.2) is 18.2 Å². The molecule has 3 heterocycles. The van der Waals surface area contributed by atoms with Gasteiger partial charge in [-0.1, -0.05) is 0 Å². The Morgan fingerprint density at radius 2 is 2.19 bits per heavy atom. The molecule has 1 N–H and O–H groups in total. The molecule has 1 spiro atoms. The van der Waals surface area contributed by atoms with Gasteiger partial charge in [-0.05, 0) is 23.8 Å². The van der Waals surface area contributed by atoms with Crippen molar-refractivity contribution in [3.8, 4) is 0 Å². The highest BCUT2D eigenvalue weighted by Gasteiger charge is 2.61. The average Bonchev–Trinajstić information content (AvgIpc) is 2.64. The van der Waals surface area contributed by atoms with Crippen LogP contribution < -0.4 is 10.2 Å². The molecule has 2 atom stereocenters. The third-order valence-electron chi connectivity index (χ3n) is 5.37. The van der Waals surface area contributed by atoms with Crippen LogP contribution in [-0.4, -0.2) is 59.6 Å². The first-order valence-corrected chi connectivity index (χ1v) is 8.52. The molecule has 26 heavy (non-hydrogen) atoms. The number of morpholine rings is 1. The number of non-ortho nitro benzene ring substituents is 1. The van der Waals surface area contributed by atoms with E-state index in [4.69, 9.17) is 17.0 Å². The molecule has 2 saturated heterocycles. The zero-order valence-corrected chi connectivity index (χ0v) is 14.7. The molecule has 0 radical (unpaired) electrons. The Kier molecular flexibility index (Phi) is 3.70. The van der Waals surface area contributed by atoms with Gasteiger partial charge < -0.3 is 15.0 Å². The van der Waals surface area contributed by atoms with Gasteiger partial charge in [0.15, 0.2) is 10.5 Å². The van der Waals surface area contributed by atoms with Crippen molar-refractivity contribution in [2.24, 2.45) is 5.41 Å². The normalized spacial score (nSPS) is 27.9. The largest absolute Gasteiger partial charge is 0.377 e.